The fourth-order valence-electron chi connectivity index (χ4n) is 0.845. The van der Waals surface area contributed by atoms with Crippen molar-refractivity contribution in [1.82, 2.24) is 4.98 Å². The van der Waals surface area contributed by atoms with Crippen LogP contribution in [0, 0.1) is 0 Å². The molecule has 3 heteroatoms. The van der Waals surface area contributed by atoms with Crippen LogP contribution < -0.4 is 11.1 Å². The van der Waals surface area contributed by atoms with Crippen molar-refractivity contribution in [2.75, 3.05) is 11.1 Å². The summed E-state index contributed by atoms with van der Waals surface area (Å²) in [7, 11) is 0. The summed E-state index contributed by atoms with van der Waals surface area (Å²) in [6.07, 6.45) is 2.75. The first-order valence-corrected chi connectivity index (χ1v) is 4.20. The molecule has 1 heterocycles. The van der Waals surface area contributed by atoms with Crippen molar-refractivity contribution >= 4 is 11.5 Å². The minimum Gasteiger partial charge on any atom is -0.397 e. The van der Waals surface area contributed by atoms with Gasteiger partial charge in [-0.25, -0.2) is 4.98 Å². The summed E-state index contributed by atoms with van der Waals surface area (Å²) >= 11 is 0. The molecule has 0 unspecified atom stereocenters. The Hall–Kier alpha value is -1.25. The molecule has 0 amide bonds. The Morgan fingerprint density at radius 3 is 2.83 bits per heavy atom. The number of nitrogens with one attached hydrogen (secondary N) is 1. The van der Waals surface area contributed by atoms with E-state index in [9.17, 15) is 0 Å². The number of hydrogen-bond acceptors (Lipinski definition) is 3. The lowest BCUT2D eigenvalue weighted by Gasteiger charge is -2.11. The van der Waals surface area contributed by atoms with Crippen LogP contribution in [-0.2, 0) is 0 Å². The predicted molar refractivity (Wildman–Crippen MR) is 52.0 cm³/mol. The van der Waals surface area contributed by atoms with Gasteiger partial charge in [-0.05, 0) is 25.5 Å². The fraction of sp³-hybridized carbons (Fsp3) is 0.444. The maximum atomic E-state index is 5.50. The summed E-state index contributed by atoms with van der Waals surface area (Å²) < 4.78 is 0. The molecule has 1 aromatic rings. The van der Waals surface area contributed by atoms with Crippen LogP contribution in [0.15, 0.2) is 18.3 Å². The largest absolute Gasteiger partial charge is 0.397 e. The number of pyridine rings is 1. The van der Waals surface area contributed by atoms with Gasteiger partial charge in [0.25, 0.3) is 0 Å². The molecule has 0 saturated carbocycles. The zero-order valence-electron chi connectivity index (χ0n) is 7.54. The molecule has 0 radical (unpaired) electrons. The lowest BCUT2D eigenvalue weighted by Crippen LogP contribution is -2.14. The number of anilines is 2. The highest BCUT2D eigenvalue weighted by Crippen LogP contribution is 2.07. The van der Waals surface area contributed by atoms with Crippen molar-refractivity contribution in [2.45, 2.75) is 26.3 Å². The van der Waals surface area contributed by atoms with E-state index in [2.05, 4.69) is 24.1 Å². The van der Waals surface area contributed by atoms with E-state index in [0.717, 1.165) is 12.2 Å². The topological polar surface area (TPSA) is 50.9 Å². The highest BCUT2D eigenvalue weighted by atomic mass is 15.0. The van der Waals surface area contributed by atoms with Crippen LogP contribution in [0.1, 0.15) is 20.3 Å². The molecule has 1 atom stereocenters. The van der Waals surface area contributed by atoms with E-state index >= 15 is 0 Å². The average molecular weight is 165 g/mol. The highest BCUT2D eigenvalue weighted by molar-refractivity contribution is 5.43. The molecule has 66 valence electrons. The van der Waals surface area contributed by atoms with Crippen LogP contribution in [-0.4, -0.2) is 11.0 Å². The smallest absolute Gasteiger partial charge is 0.126 e. The number of rotatable bonds is 3. The van der Waals surface area contributed by atoms with Crippen molar-refractivity contribution in [3.63, 3.8) is 0 Å². The maximum absolute atomic E-state index is 5.50. The van der Waals surface area contributed by atoms with Gasteiger partial charge in [-0.2, -0.15) is 0 Å². The monoisotopic (exact) mass is 165 g/mol. The molecule has 0 aliphatic heterocycles. The number of nitrogen functional groups attached to an aromatic ring is 1. The van der Waals surface area contributed by atoms with Gasteiger partial charge in [0, 0.05) is 6.04 Å². The number of nitrogens with two attached hydrogens (primary N) is 1. The first-order valence-electron chi connectivity index (χ1n) is 4.20. The Bertz CT molecular complexity index is 230. The highest BCUT2D eigenvalue weighted by Gasteiger charge is 1.98. The van der Waals surface area contributed by atoms with Gasteiger partial charge in [0.1, 0.15) is 5.82 Å². The molecule has 1 aromatic heterocycles. The van der Waals surface area contributed by atoms with Gasteiger partial charge in [0.15, 0.2) is 0 Å². The lowest BCUT2D eigenvalue weighted by molar-refractivity contribution is 0.759. The Morgan fingerprint density at radius 1 is 1.58 bits per heavy atom. The molecule has 1 rings (SSSR count). The molecule has 0 aliphatic rings. The van der Waals surface area contributed by atoms with E-state index in [4.69, 9.17) is 5.73 Å². The Kier molecular flexibility index (Phi) is 2.91. The van der Waals surface area contributed by atoms with E-state index < -0.39 is 0 Å². The minimum atomic E-state index is 0.459. The van der Waals surface area contributed by atoms with Crippen LogP contribution in [0.4, 0.5) is 11.5 Å². The number of aromatic nitrogens is 1. The molecule has 0 aliphatic carbocycles. The van der Waals surface area contributed by atoms with Gasteiger partial charge in [-0.3, -0.25) is 0 Å². The average Bonchev–Trinajstić information content (AvgIpc) is 2.09. The van der Waals surface area contributed by atoms with E-state index in [1.807, 2.05) is 12.1 Å². The Morgan fingerprint density at radius 2 is 2.33 bits per heavy atom. The second kappa shape index (κ2) is 3.95. The van der Waals surface area contributed by atoms with Crippen LogP contribution >= 0.6 is 0 Å². The molecule has 0 aromatic carbocycles. The Balaban J connectivity index is 2.58. The Labute approximate surface area is 73.0 Å². The molecule has 0 spiro atoms. The zero-order valence-corrected chi connectivity index (χ0v) is 7.54. The summed E-state index contributed by atoms with van der Waals surface area (Å²) in [5.74, 6) is 0.888. The first-order chi connectivity index (χ1) is 5.72. The summed E-state index contributed by atoms with van der Waals surface area (Å²) in [6.45, 7) is 4.26. The van der Waals surface area contributed by atoms with Crippen molar-refractivity contribution in [1.29, 1.82) is 0 Å². The molecule has 0 fully saturated rings. The maximum Gasteiger partial charge on any atom is 0.126 e. The zero-order chi connectivity index (χ0) is 8.97. The molecule has 3 N–H and O–H groups in total. The molecule has 0 saturated heterocycles. The fourth-order valence-corrected chi connectivity index (χ4v) is 0.845. The van der Waals surface area contributed by atoms with Crippen LogP contribution in [0.5, 0.6) is 0 Å². The van der Waals surface area contributed by atoms with E-state index in [0.29, 0.717) is 11.7 Å². The van der Waals surface area contributed by atoms with Crippen molar-refractivity contribution in [3.05, 3.63) is 18.3 Å². The van der Waals surface area contributed by atoms with Gasteiger partial charge in [-0.1, -0.05) is 6.92 Å². The molecule has 0 bridgehead atoms. The first kappa shape index (κ1) is 8.84. The van der Waals surface area contributed by atoms with Gasteiger partial charge in [0.05, 0.1) is 11.9 Å². The third-order valence-corrected chi connectivity index (χ3v) is 1.79. The van der Waals surface area contributed by atoms with E-state index in [-0.39, 0.29) is 0 Å². The molecule has 3 nitrogen and oxygen atoms in total. The minimum absolute atomic E-state index is 0.459. The summed E-state index contributed by atoms with van der Waals surface area (Å²) in [5.41, 5.74) is 6.20. The van der Waals surface area contributed by atoms with Crippen molar-refractivity contribution in [3.8, 4) is 0 Å². The third kappa shape index (κ3) is 2.42. The molecular formula is C9H15N3. The number of hydrogen-bond donors (Lipinski definition) is 2. The van der Waals surface area contributed by atoms with Crippen molar-refractivity contribution in [2.24, 2.45) is 0 Å². The SMILES string of the molecule is CC[C@H](C)Nc1ccc(N)cn1. The lowest BCUT2D eigenvalue weighted by atomic mass is 10.2. The van der Waals surface area contributed by atoms with Crippen LogP contribution in [0.25, 0.3) is 0 Å². The van der Waals surface area contributed by atoms with E-state index in [1.54, 1.807) is 6.20 Å². The van der Waals surface area contributed by atoms with E-state index in [1.165, 1.54) is 0 Å². The standard InChI is InChI=1S/C9H15N3/c1-3-7(2)12-9-5-4-8(10)6-11-9/h4-7H,3,10H2,1-2H3,(H,11,12)/t7-/m0/s1. The van der Waals surface area contributed by atoms with Crippen molar-refractivity contribution < 1.29 is 0 Å². The normalized spacial score (nSPS) is 12.5. The quantitative estimate of drug-likeness (QED) is 0.719. The summed E-state index contributed by atoms with van der Waals surface area (Å²) in [4.78, 5) is 4.13. The molecule has 12 heavy (non-hydrogen) atoms. The van der Waals surface area contributed by atoms with Crippen LogP contribution in [0.2, 0.25) is 0 Å². The van der Waals surface area contributed by atoms with Crippen LogP contribution in [0.3, 0.4) is 0 Å². The summed E-state index contributed by atoms with van der Waals surface area (Å²) in [5, 5.41) is 3.25. The number of nitrogens with zero attached hydrogens (tertiary/aromatic N) is 1. The van der Waals surface area contributed by atoms with Gasteiger partial charge < -0.3 is 11.1 Å². The van der Waals surface area contributed by atoms with Gasteiger partial charge >= 0.3 is 0 Å². The second-order valence-corrected chi connectivity index (χ2v) is 2.93. The van der Waals surface area contributed by atoms with Gasteiger partial charge in [-0.15, -0.1) is 0 Å². The van der Waals surface area contributed by atoms with Gasteiger partial charge in [0.2, 0.25) is 0 Å². The summed E-state index contributed by atoms with van der Waals surface area (Å²) in [6, 6.07) is 4.19. The molecular weight excluding hydrogens is 150 g/mol. The predicted octanol–water partition coefficient (Wildman–Crippen LogP) is 1.87. The third-order valence-electron chi connectivity index (χ3n) is 1.79. The second-order valence-electron chi connectivity index (χ2n) is 2.93.